The molecular weight excluding hydrogens is 336 g/mol. The number of nitrogens with zero attached hydrogens (tertiary/aromatic N) is 1. The number of halogens is 1. The predicted molar refractivity (Wildman–Crippen MR) is 103 cm³/mol. The van der Waals surface area contributed by atoms with Crippen molar-refractivity contribution in [3.63, 3.8) is 0 Å². The lowest BCUT2D eigenvalue weighted by Gasteiger charge is -2.36. The number of rotatable bonds is 9. The zero-order valence-electron chi connectivity index (χ0n) is 15.5. The summed E-state index contributed by atoms with van der Waals surface area (Å²) in [5.41, 5.74) is 1.34. The van der Waals surface area contributed by atoms with E-state index in [0.29, 0.717) is 31.5 Å². The van der Waals surface area contributed by atoms with Crippen molar-refractivity contribution >= 4 is 17.5 Å². The van der Waals surface area contributed by atoms with Crippen molar-refractivity contribution < 1.29 is 9.53 Å². The number of hydrogen-bond acceptors (Lipinski definition) is 3. The van der Waals surface area contributed by atoms with Crippen LogP contribution in [0.3, 0.4) is 0 Å². The molecule has 25 heavy (non-hydrogen) atoms. The van der Waals surface area contributed by atoms with E-state index >= 15 is 0 Å². The van der Waals surface area contributed by atoms with Crippen LogP contribution in [0.25, 0.3) is 0 Å². The van der Waals surface area contributed by atoms with Gasteiger partial charge in [0.05, 0.1) is 6.61 Å². The molecule has 0 aromatic heterocycles. The first-order valence-electron chi connectivity index (χ1n) is 9.32. The maximum Gasteiger partial charge on any atom is 0.220 e. The average molecular weight is 367 g/mol. The number of methoxy groups -OCH3 is 1. The van der Waals surface area contributed by atoms with Gasteiger partial charge in [0.2, 0.25) is 5.91 Å². The van der Waals surface area contributed by atoms with Crippen molar-refractivity contribution in [2.75, 3.05) is 33.4 Å². The summed E-state index contributed by atoms with van der Waals surface area (Å²) in [5, 5.41) is 3.69. The Kier molecular flexibility index (Phi) is 8.73. The van der Waals surface area contributed by atoms with Crippen LogP contribution in [0.2, 0.25) is 5.02 Å². The van der Waals surface area contributed by atoms with Crippen molar-refractivity contribution in [2.24, 2.45) is 5.92 Å². The predicted octanol–water partition coefficient (Wildman–Crippen LogP) is 3.53. The molecule has 0 radical (unpaired) electrons. The first kappa shape index (κ1) is 20.2. The Labute approximate surface area is 156 Å². The van der Waals surface area contributed by atoms with Gasteiger partial charge in [-0.3, -0.25) is 4.79 Å². The molecular formula is C20H31ClN2O2. The van der Waals surface area contributed by atoms with Crippen LogP contribution in [-0.4, -0.2) is 50.2 Å². The molecule has 2 rings (SSSR count). The van der Waals surface area contributed by atoms with Gasteiger partial charge in [0, 0.05) is 31.1 Å². The molecule has 0 unspecified atom stereocenters. The van der Waals surface area contributed by atoms with Crippen LogP contribution in [-0.2, 0) is 16.0 Å². The minimum absolute atomic E-state index is 0.149. The third-order valence-electron chi connectivity index (χ3n) is 5.12. The standard InChI is InChI=1S/C20H31ClN2O2/c1-16(15-18-3-6-19(21)7-4-18)23-12-9-17(10-13-23)5-8-20(24)22-11-14-25-2/h3-4,6-7,16-17H,5,8-15H2,1-2H3,(H,22,24)/t16-/m1/s1. The van der Waals surface area contributed by atoms with Gasteiger partial charge in [0.1, 0.15) is 0 Å². The normalized spacial score (nSPS) is 17.4. The summed E-state index contributed by atoms with van der Waals surface area (Å²) in [7, 11) is 1.65. The van der Waals surface area contributed by atoms with Gasteiger partial charge in [-0.2, -0.15) is 0 Å². The van der Waals surface area contributed by atoms with E-state index in [9.17, 15) is 4.79 Å². The zero-order chi connectivity index (χ0) is 18.1. The molecule has 0 spiro atoms. The van der Waals surface area contributed by atoms with Crippen molar-refractivity contribution in [1.29, 1.82) is 0 Å². The Hall–Kier alpha value is -1.10. The quantitative estimate of drug-likeness (QED) is 0.680. The summed E-state index contributed by atoms with van der Waals surface area (Å²) in [6.45, 7) is 5.75. The lowest BCUT2D eigenvalue weighted by Crippen LogP contribution is -2.41. The molecule has 0 aliphatic carbocycles. The molecule has 0 bridgehead atoms. The first-order valence-corrected chi connectivity index (χ1v) is 9.70. The highest BCUT2D eigenvalue weighted by molar-refractivity contribution is 6.30. The van der Waals surface area contributed by atoms with Crippen molar-refractivity contribution in [1.82, 2.24) is 10.2 Å². The van der Waals surface area contributed by atoms with Crippen molar-refractivity contribution in [3.8, 4) is 0 Å². The van der Waals surface area contributed by atoms with Gasteiger partial charge in [-0.15, -0.1) is 0 Å². The largest absolute Gasteiger partial charge is 0.383 e. The maximum absolute atomic E-state index is 11.8. The molecule has 1 fully saturated rings. The van der Waals surface area contributed by atoms with E-state index in [1.54, 1.807) is 7.11 Å². The highest BCUT2D eigenvalue weighted by atomic mass is 35.5. The second-order valence-electron chi connectivity index (χ2n) is 7.04. The molecule has 1 aromatic carbocycles. The van der Waals surface area contributed by atoms with Crippen LogP contribution in [0.4, 0.5) is 0 Å². The van der Waals surface area contributed by atoms with Crippen LogP contribution >= 0.6 is 11.6 Å². The highest BCUT2D eigenvalue weighted by Gasteiger charge is 2.23. The number of carbonyl (C=O) groups is 1. The molecule has 140 valence electrons. The number of hydrogen-bond donors (Lipinski definition) is 1. The molecule has 1 aliphatic rings. The lowest BCUT2D eigenvalue weighted by atomic mass is 9.91. The molecule has 5 heteroatoms. The number of amides is 1. The van der Waals surface area contributed by atoms with Gasteiger partial charge in [-0.25, -0.2) is 0 Å². The average Bonchev–Trinajstić information content (AvgIpc) is 2.62. The van der Waals surface area contributed by atoms with E-state index in [4.69, 9.17) is 16.3 Å². The molecule has 1 N–H and O–H groups in total. The topological polar surface area (TPSA) is 41.6 Å². The second kappa shape index (κ2) is 10.8. The first-order chi connectivity index (χ1) is 12.1. The number of ether oxygens (including phenoxy) is 1. The summed E-state index contributed by atoms with van der Waals surface area (Å²) in [5.74, 6) is 0.822. The van der Waals surface area contributed by atoms with Gasteiger partial charge in [0.15, 0.2) is 0 Å². The minimum atomic E-state index is 0.149. The van der Waals surface area contributed by atoms with Crippen LogP contribution in [0.15, 0.2) is 24.3 Å². The third-order valence-corrected chi connectivity index (χ3v) is 5.38. The van der Waals surface area contributed by atoms with E-state index in [1.165, 1.54) is 18.4 Å². The Morgan fingerprint density at radius 3 is 2.64 bits per heavy atom. The number of piperidine rings is 1. The molecule has 1 aromatic rings. The van der Waals surface area contributed by atoms with Crippen molar-refractivity contribution in [3.05, 3.63) is 34.9 Å². The Bertz CT molecular complexity index is 513. The van der Waals surface area contributed by atoms with Gasteiger partial charge >= 0.3 is 0 Å². The fourth-order valence-electron chi connectivity index (χ4n) is 3.49. The van der Waals surface area contributed by atoms with Crippen LogP contribution in [0.1, 0.15) is 38.2 Å². The summed E-state index contributed by atoms with van der Waals surface area (Å²) >= 11 is 5.96. The van der Waals surface area contributed by atoms with Gasteiger partial charge < -0.3 is 15.0 Å². The number of likely N-dealkylation sites (tertiary alicyclic amines) is 1. The zero-order valence-corrected chi connectivity index (χ0v) is 16.2. The Morgan fingerprint density at radius 2 is 2.00 bits per heavy atom. The third kappa shape index (κ3) is 7.35. The fourth-order valence-corrected chi connectivity index (χ4v) is 3.62. The molecule has 1 amide bonds. The van der Waals surface area contributed by atoms with Crippen LogP contribution in [0, 0.1) is 5.92 Å². The fraction of sp³-hybridized carbons (Fsp3) is 0.650. The van der Waals surface area contributed by atoms with E-state index in [-0.39, 0.29) is 5.91 Å². The van der Waals surface area contributed by atoms with Gasteiger partial charge in [-0.1, -0.05) is 23.7 Å². The number of nitrogens with one attached hydrogen (secondary N) is 1. The van der Waals surface area contributed by atoms with E-state index in [0.717, 1.165) is 31.0 Å². The number of carbonyl (C=O) groups excluding carboxylic acids is 1. The molecule has 1 aliphatic heterocycles. The summed E-state index contributed by atoms with van der Waals surface area (Å²) in [6, 6.07) is 8.71. The van der Waals surface area contributed by atoms with Crippen molar-refractivity contribution in [2.45, 2.75) is 45.1 Å². The van der Waals surface area contributed by atoms with E-state index in [1.807, 2.05) is 12.1 Å². The molecule has 1 heterocycles. The van der Waals surface area contributed by atoms with Gasteiger partial charge in [0.25, 0.3) is 0 Å². The lowest BCUT2D eigenvalue weighted by molar-refractivity contribution is -0.121. The summed E-state index contributed by atoms with van der Waals surface area (Å²) in [6.07, 6.45) is 5.07. The van der Waals surface area contributed by atoms with E-state index < -0.39 is 0 Å². The molecule has 0 saturated carbocycles. The molecule has 4 nitrogen and oxygen atoms in total. The summed E-state index contributed by atoms with van der Waals surface area (Å²) in [4.78, 5) is 14.3. The maximum atomic E-state index is 11.8. The second-order valence-corrected chi connectivity index (χ2v) is 7.48. The minimum Gasteiger partial charge on any atom is -0.383 e. The smallest absolute Gasteiger partial charge is 0.220 e. The molecule has 1 saturated heterocycles. The van der Waals surface area contributed by atoms with Crippen LogP contribution < -0.4 is 5.32 Å². The summed E-state index contributed by atoms with van der Waals surface area (Å²) < 4.78 is 4.94. The highest BCUT2D eigenvalue weighted by Crippen LogP contribution is 2.24. The van der Waals surface area contributed by atoms with Gasteiger partial charge in [-0.05, 0) is 69.3 Å². The Balaban J connectivity index is 1.65. The van der Waals surface area contributed by atoms with E-state index in [2.05, 4.69) is 29.3 Å². The molecule has 1 atom stereocenters. The van der Waals surface area contributed by atoms with Crippen LogP contribution in [0.5, 0.6) is 0 Å². The monoisotopic (exact) mass is 366 g/mol. The Morgan fingerprint density at radius 1 is 1.32 bits per heavy atom. The SMILES string of the molecule is COCCNC(=O)CCC1CCN([C@H](C)Cc2ccc(Cl)cc2)CC1. The number of benzene rings is 1.